The second kappa shape index (κ2) is 4.85. The fourth-order valence-electron chi connectivity index (χ4n) is 0.884. The lowest BCUT2D eigenvalue weighted by Crippen LogP contribution is -2.16. The molecular weight excluding hydrogens is 136 g/mol. The van der Waals surface area contributed by atoms with Crippen LogP contribution in [0.15, 0.2) is 24.5 Å². The summed E-state index contributed by atoms with van der Waals surface area (Å²) in [6, 6.07) is 4.02. The highest BCUT2D eigenvalue weighted by Crippen LogP contribution is 1.95. The van der Waals surface area contributed by atoms with Crippen LogP contribution < -0.4 is 5.32 Å². The van der Waals surface area contributed by atoms with E-state index in [2.05, 4.69) is 10.3 Å². The molecule has 1 aromatic heterocycles. The average molecular weight is 148 g/mol. The first-order valence-corrected chi connectivity index (χ1v) is 3.73. The van der Waals surface area contributed by atoms with Gasteiger partial charge in [0.05, 0.1) is 0 Å². The molecule has 0 aromatic carbocycles. The zero-order valence-electron chi connectivity index (χ0n) is 6.46. The summed E-state index contributed by atoms with van der Waals surface area (Å²) >= 11 is 0. The van der Waals surface area contributed by atoms with Crippen LogP contribution in [0.1, 0.15) is 5.56 Å². The monoisotopic (exact) mass is 148 g/mol. The third-order valence-electron chi connectivity index (χ3n) is 1.48. The number of nitrogens with zero attached hydrogens (tertiary/aromatic N) is 1. The highest BCUT2D eigenvalue weighted by Gasteiger charge is 1.88. The van der Waals surface area contributed by atoms with Crippen LogP contribution in [-0.4, -0.2) is 18.1 Å². The molecule has 0 spiro atoms. The van der Waals surface area contributed by atoms with Gasteiger partial charge < -0.3 is 5.32 Å². The summed E-state index contributed by atoms with van der Waals surface area (Å²) in [5.74, 6) is 0. The van der Waals surface area contributed by atoms with Gasteiger partial charge in [0.1, 0.15) is 0 Å². The molecule has 11 heavy (non-hydrogen) atoms. The molecule has 1 aromatic rings. The number of hydrogen-bond donors (Lipinski definition) is 1. The van der Waals surface area contributed by atoms with E-state index in [0.29, 0.717) is 6.54 Å². The molecule has 0 atom stereocenters. The van der Waals surface area contributed by atoms with Gasteiger partial charge in [-0.1, -0.05) is 0 Å². The lowest BCUT2D eigenvalue weighted by molar-refractivity contribution is 0.742. The molecule has 0 unspecified atom stereocenters. The van der Waals surface area contributed by atoms with Crippen LogP contribution >= 0.6 is 0 Å². The average Bonchev–Trinajstić information content (AvgIpc) is 2.07. The molecule has 0 aliphatic rings. The molecule has 1 N–H and O–H groups in total. The van der Waals surface area contributed by atoms with E-state index in [1.807, 2.05) is 12.1 Å². The predicted octanol–water partition coefficient (Wildman–Crippen LogP) is 0.925. The van der Waals surface area contributed by atoms with Crippen LogP contribution in [0, 0.1) is 6.92 Å². The van der Waals surface area contributed by atoms with E-state index in [0.717, 1.165) is 13.0 Å². The van der Waals surface area contributed by atoms with E-state index in [1.165, 1.54) is 5.56 Å². The molecule has 2 heteroatoms. The molecule has 0 aliphatic carbocycles. The lowest BCUT2D eigenvalue weighted by atomic mass is 10.2. The van der Waals surface area contributed by atoms with E-state index in [9.17, 15) is 0 Å². The topological polar surface area (TPSA) is 24.9 Å². The zero-order chi connectivity index (χ0) is 7.94. The molecule has 1 rings (SSSR count). The van der Waals surface area contributed by atoms with Gasteiger partial charge in [-0.2, -0.15) is 0 Å². The molecular formula is C9H12N2. The quantitative estimate of drug-likeness (QED) is 0.642. The molecule has 58 valence electrons. The molecule has 0 saturated heterocycles. The summed E-state index contributed by atoms with van der Waals surface area (Å²) in [5.41, 5.74) is 1.29. The molecule has 0 fully saturated rings. The van der Waals surface area contributed by atoms with Crippen molar-refractivity contribution in [1.29, 1.82) is 0 Å². The van der Waals surface area contributed by atoms with E-state index in [-0.39, 0.29) is 0 Å². The molecule has 0 aliphatic heterocycles. The van der Waals surface area contributed by atoms with Crippen molar-refractivity contribution in [1.82, 2.24) is 10.3 Å². The van der Waals surface area contributed by atoms with Crippen LogP contribution in [0.5, 0.6) is 0 Å². The standard InChI is InChI=1S/C9H12N2/c1-2-10-6-3-9-4-7-11-8-5-9/h1,4-5,7-8,10H,2-3,6H2. The molecule has 2 radical (unpaired) electrons. The Morgan fingerprint density at radius 3 is 2.73 bits per heavy atom. The normalized spacial score (nSPS) is 9.91. The number of nitrogens with one attached hydrogen (secondary N) is 1. The second-order valence-electron chi connectivity index (χ2n) is 2.31. The number of pyridine rings is 1. The lowest BCUT2D eigenvalue weighted by Gasteiger charge is -2.00. The van der Waals surface area contributed by atoms with Crippen LogP contribution in [-0.2, 0) is 6.42 Å². The smallest absolute Gasteiger partial charge is 0.0270 e. The van der Waals surface area contributed by atoms with Crippen molar-refractivity contribution in [3.05, 3.63) is 37.0 Å². The van der Waals surface area contributed by atoms with Gasteiger partial charge in [-0.25, -0.2) is 0 Å². The Labute approximate surface area is 67.7 Å². The van der Waals surface area contributed by atoms with Gasteiger partial charge >= 0.3 is 0 Å². The Bertz CT molecular complexity index is 184. The first kappa shape index (κ1) is 8.21. The van der Waals surface area contributed by atoms with E-state index in [4.69, 9.17) is 6.92 Å². The van der Waals surface area contributed by atoms with Crippen molar-refractivity contribution in [2.24, 2.45) is 0 Å². The maximum atomic E-state index is 5.27. The summed E-state index contributed by atoms with van der Waals surface area (Å²) in [5, 5.41) is 3.05. The van der Waals surface area contributed by atoms with Crippen molar-refractivity contribution < 1.29 is 0 Å². The molecule has 2 nitrogen and oxygen atoms in total. The second-order valence-corrected chi connectivity index (χ2v) is 2.31. The summed E-state index contributed by atoms with van der Waals surface area (Å²) in [4.78, 5) is 3.93. The minimum atomic E-state index is 0.547. The molecule has 0 saturated carbocycles. The van der Waals surface area contributed by atoms with E-state index >= 15 is 0 Å². The third kappa shape index (κ3) is 3.14. The molecule has 0 bridgehead atoms. The molecule has 1 heterocycles. The predicted molar refractivity (Wildman–Crippen MR) is 45.1 cm³/mol. The van der Waals surface area contributed by atoms with Crippen molar-refractivity contribution in [3.8, 4) is 0 Å². The highest BCUT2D eigenvalue weighted by molar-refractivity contribution is 5.09. The SMILES string of the molecule is [CH]CNCCc1ccncc1. The minimum absolute atomic E-state index is 0.547. The van der Waals surface area contributed by atoms with Crippen molar-refractivity contribution >= 4 is 0 Å². The first-order chi connectivity index (χ1) is 5.43. The maximum absolute atomic E-state index is 5.27. The Hall–Kier alpha value is -0.890. The highest BCUT2D eigenvalue weighted by atomic mass is 14.8. The largest absolute Gasteiger partial charge is 0.316 e. The van der Waals surface area contributed by atoms with Crippen molar-refractivity contribution in [3.63, 3.8) is 0 Å². The van der Waals surface area contributed by atoms with Gasteiger partial charge in [-0.3, -0.25) is 4.98 Å². The summed E-state index contributed by atoms with van der Waals surface area (Å²) < 4.78 is 0. The third-order valence-corrected chi connectivity index (χ3v) is 1.48. The zero-order valence-corrected chi connectivity index (χ0v) is 6.46. The minimum Gasteiger partial charge on any atom is -0.316 e. The van der Waals surface area contributed by atoms with Gasteiger partial charge in [0.15, 0.2) is 0 Å². The number of rotatable bonds is 4. The van der Waals surface area contributed by atoms with Crippen LogP contribution in [0.3, 0.4) is 0 Å². The van der Waals surface area contributed by atoms with Gasteiger partial charge in [-0.05, 0) is 44.1 Å². The van der Waals surface area contributed by atoms with Crippen LogP contribution in [0.2, 0.25) is 0 Å². The molecule has 0 amide bonds. The van der Waals surface area contributed by atoms with Crippen LogP contribution in [0.25, 0.3) is 0 Å². The number of hydrogen-bond acceptors (Lipinski definition) is 2. The Morgan fingerprint density at radius 1 is 1.36 bits per heavy atom. The van der Waals surface area contributed by atoms with Gasteiger partial charge in [0.2, 0.25) is 0 Å². The summed E-state index contributed by atoms with van der Waals surface area (Å²) in [6.45, 7) is 6.75. The summed E-state index contributed by atoms with van der Waals surface area (Å²) in [6.07, 6.45) is 4.62. The van der Waals surface area contributed by atoms with E-state index in [1.54, 1.807) is 12.4 Å². The summed E-state index contributed by atoms with van der Waals surface area (Å²) in [7, 11) is 0. The van der Waals surface area contributed by atoms with Crippen molar-refractivity contribution in [2.75, 3.05) is 13.1 Å². The fraction of sp³-hybridized carbons (Fsp3) is 0.333. The van der Waals surface area contributed by atoms with Gasteiger partial charge in [0, 0.05) is 12.4 Å². The van der Waals surface area contributed by atoms with Gasteiger partial charge in [0.25, 0.3) is 0 Å². The Balaban J connectivity index is 2.28. The number of aromatic nitrogens is 1. The maximum Gasteiger partial charge on any atom is 0.0270 e. The van der Waals surface area contributed by atoms with Gasteiger partial charge in [-0.15, -0.1) is 0 Å². The van der Waals surface area contributed by atoms with Crippen LogP contribution in [0.4, 0.5) is 0 Å². The Morgan fingerprint density at radius 2 is 2.09 bits per heavy atom. The van der Waals surface area contributed by atoms with Crippen molar-refractivity contribution in [2.45, 2.75) is 6.42 Å². The first-order valence-electron chi connectivity index (χ1n) is 3.73. The van der Waals surface area contributed by atoms with E-state index < -0.39 is 0 Å². The Kier molecular flexibility index (Phi) is 3.62. The fourth-order valence-corrected chi connectivity index (χ4v) is 0.884.